The van der Waals surface area contributed by atoms with Crippen molar-refractivity contribution in [3.63, 3.8) is 0 Å². The number of nitrogens with zero attached hydrogens (tertiary/aromatic N) is 1. The molecule has 2 rings (SSSR count). The van der Waals surface area contributed by atoms with E-state index in [0.717, 1.165) is 12.4 Å². The maximum absolute atomic E-state index is 13.8. The molecule has 0 aliphatic rings. The van der Waals surface area contributed by atoms with E-state index in [-0.39, 0.29) is 21.3 Å². The number of hydrogen-bond acceptors (Lipinski definition) is 2. The molecule has 0 radical (unpaired) electrons. The fourth-order valence-corrected chi connectivity index (χ4v) is 1.79. The quantitative estimate of drug-likeness (QED) is 0.823. The van der Waals surface area contributed by atoms with Crippen molar-refractivity contribution in [1.29, 1.82) is 0 Å². The minimum absolute atomic E-state index is 0.00468. The molecule has 17 heavy (non-hydrogen) atoms. The summed E-state index contributed by atoms with van der Waals surface area (Å²) in [5.74, 6) is -1.53. The molecule has 1 N–H and O–H groups in total. The van der Waals surface area contributed by atoms with Gasteiger partial charge in [-0.1, -0.05) is 0 Å². The van der Waals surface area contributed by atoms with E-state index >= 15 is 0 Å². The van der Waals surface area contributed by atoms with E-state index in [2.05, 4.69) is 25.9 Å². The lowest BCUT2D eigenvalue weighted by atomic mass is 10.1. The van der Waals surface area contributed by atoms with Crippen LogP contribution >= 0.6 is 15.9 Å². The first-order valence-electron chi connectivity index (χ1n) is 4.70. The van der Waals surface area contributed by atoms with Crippen LogP contribution in [0.1, 0.15) is 5.56 Å². The molecule has 0 saturated carbocycles. The number of halogens is 3. The second-order valence-electron chi connectivity index (χ2n) is 3.42. The maximum Gasteiger partial charge on any atom is 0.254 e. The summed E-state index contributed by atoms with van der Waals surface area (Å²) in [5, 5.41) is 0. The molecule has 0 bridgehead atoms. The number of aromatic nitrogens is 2. The molecular weight excluding hydrogens is 294 g/mol. The second kappa shape index (κ2) is 4.37. The molecule has 1 aromatic carbocycles. The van der Waals surface area contributed by atoms with E-state index in [1.54, 1.807) is 0 Å². The van der Waals surface area contributed by atoms with Crippen LogP contribution in [0, 0.1) is 18.6 Å². The SMILES string of the molecule is Cc1c(-c2c(F)ccc(Br)c2F)nc[nH]c1=O. The topological polar surface area (TPSA) is 45.8 Å². The summed E-state index contributed by atoms with van der Waals surface area (Å²) in [7, 11) is 0. The summed E-state index contributed by atoms with van der Waals surface area (Å²) in [6, 6.07) is 2.38. The molecule has 0 atom stereocenters. The minimum atomic E-state index is -0.772. The molecule has 0 aliphatic heterocycles. The van der Waals surface area contributed by atoms with Crippen molar-refractivity contribution in [1.82, 2.24) is 9.97 Å². The lowest BCUT2D eigenvalue weighted by molar-refractivity contribution is 0.584. The molecule has 1 aromatic heterocycles. The maximum atomic E-state index is 13.8. The van der Waals surface area contributed by atoms with Crippen molar-refractivity contribution < 1.29 is 8.78 Å². The van der Waals surface area contributed by atoms with E-state index < -0.39 is 17.2 Å². The number of nitrogens with one attached hydrogen (secondary N) is 1. The van der Waals surface area contributed by atoms with Crippen molar-refractivity contribution in [2.75, 3.05) is 0 Å². The number of rotatable bonds is 1. The monoisotopic (exact) mass is 300 g/mol. The predicted molar refractivity (Wildman–Crippen MR) is 62.6 cm³/mol. The molecule has 0 fully saturated rings. The fraction of sp³-hybridized carbons (Fsp3) is 0.0909. The first kappa shape index (κ1) is 11.9. The Morgan fingerprint density at radius 2 is 2.06 bits per heavy atom. The molecule has 0 spiro atoms. The number of hydrogen-bond donors (Lipinski definition) is 1. The largest absolute Gasteiger partial charge is 0.313 e. The van der Waals surface area contributed by atoms with Crippen molar-refractivity contribution in [2.24, 2.45) is 0 Å². The second-order valence-corrected chi connectivity index (χ2v) is 4.28. The lowest BCUT2D eigenvalue weighted by Crippen LogP contribution is -2.12. The van der Waals surface area contributed by atoms with Crippen LogP contribution < -0.4 is 5.56 Å². The molecule has 0 saturated heterocycles. The third kappa shape index (κ3) is 2.00. The van der Waals surface area contributed by atoms with Gasteiger partial charge in [-0.25, -0.2) is 13.8 Å². The zero-order valence-corrected chi connectivity index (χ0v) is 10.3. The van der Waals surface area contributed by atoms with Crippen LogP contribution in [0.4, 0.5) is 8.78 Å². The zero-order valence-electron chi connectivity index (χ0n) is 8.72. The Balaban J connectivity index is 2.82. The molecular formula is C11H7BrF2N2O. The average Bonchev–Trinajstić information content (AvgIpc) is 2.30. The standard InChI is InChI=1S/C11H7BrF2N2O/c1-5-10(15-4-16-11(5)17)8-7(13)3-2-6(12)9(8)14/h2-4H,1H3,(H,15,16,17). The van der Waals surface area contributed by atoms with Gasteiger partial charge in [0, 0.05) is 5.56 Å². The Morgan fingerprint density at radius 1 is 1.35 bits per heavy atom. The van der Waals surface area contributed by atoms with Gasteiger partial charge in [0.05, 0.1) is 22.1 Å². The first-order chi connectivity index (χ1) is 8.02. The normalized spacial score (nSPS) is 10.6. The number of benzene rings is 1. The van der Waals surface area contributed by atoms with Gasteiger partial charge in [-0.05, 0) is 35.0 Å². The third-order valence-corrected chi connectivity index (χ3v) is 2.98. The van der Waals surface area contributed by atoms with Crippen molar-refractivity contribution in [3.05, 3.63) is 50.5 Å². The van der Waals surface area contributed by atoms with Gasteiger partial charge >= 0.3 is 0 Å². The van der Waals surface area contributed by atoms with Crippen LogP contribution in [0.3, 0.4) is 0 Å². The molecule has 0 aliphatic carbocycles. The molecule has 88 valence electrons. The van der Waals surface area contributed by atoms with Crippen molar-refractivity contribution >= 4 is 15.9 Å². The van der Waals surface area contributed by atoms with Crippen LogP contribution in [0.15, 0.2) is 27.7 Å². The van der Waals surface area contributed by atoms with Gasteiger partial charge in [0.2, 0.25) is 0 Å². The van der Waals surface area contributed by atoms with Gasteiger partial charge in [-0.2, -0.15) is 0 Å². The number of aromatic amines is 1. The smallest absolute Gasteiger partial charge is 0.254 e. The fourth-order valence-electron chi connectivity index (χ4n) is 1.46. The van der Waals surface area contributed by atoms with Crippen molar-refractivity contribution in [2.45, 2.75) is 6.92 Å². The van der Waals surface area contributed by atoms with Gasteiger partial charge in [0.25, 0.3) is 5.56 Å². The highest BCUT2D eigenvalue weighted by atomic mass is 79.9. The summed E-state index contributed by atoms with van der Waals surface area (Å²) in [6.45, 7) is 1.46. The van der Waals surface area contributed by atoms with Crippen LogP contribution in [0.2, 0.25) is 0 Å². The highest BCUT2D eigenvalue weighted by Crippen LogP contribution is 2.29. The highest BCUT2D eigenvalue weighted by Gasteiger charge is 2.18. The average molecular weight is 301 g/mol. The summed E-state index contributed by atoms with van der Waals surface area (Å²) in [4.78, 5) is 17.5. The first-order valence-corrected chi connectivity index (χ1v) is 5.50. The Hall–Kier alpha value is -1.56. The van der Waals surface area contributed by atoms with E-state index in [9.17, 15) is 13.6 Å². The Morgan fingerprint density at radius 3 is 2.76 bits per heavy atom. The Kier molecular flexibility index (Phi) is 3.06. The van der Waals surface area contributed by atoms with Crippen LogP contribution in [-0.2, 0) is 0 Å². The van der Waals surface area contributed by atoms with Gasteiger partial charge in [0.1, 0.15) is 11.6 Å². The van der Waals surface area contributed by atoms with E-state index in [0.29, 0.717) is 0 Å². The van der Waals surface area contributed by atoms with Crippen molar-refractivity contribution in [3.8, 4) is 11.3 Å². The van der Waals surface area contributed by atoms with Gasteiger partial charge in [0.15, 0.2) is 0 Å². The van der Waals surface area contributed by atoms with Gasteiger partial charge in [-0.3, -0.25) is 4.79 Å². The van der Waals surface area contributed by atoms with E-state index in [4.69, 9.17) is 0 Å². The zero-order chi connectivity index (χ0) is 12.6. The third-order valence-electron chi connectivity index (χ3n) is 2.37. The van der Waals surface area contributed by atoms with E-state index in [1.165, 1.54) is 13.0 Å². The van der Waals surface area contributed by atoms with Gasteiger partial charge in [-0.15, -0.1) is 0 Å². The summed E-state index contributed by atoms with van der Waals surface area (Å²) >= 11 is 2.97. The Bertz CT molecular complexity index is 640. The molecule has 3 nitrogen and oxygen atoms in total. The molecule has 0 unspecified atom stereocenters. The predicted octanol–water partition coefficient (Wildman–Crippen LogP) is 2.79. The molecule has 0 amide bonds. The van der Waals surface area contributed by atoms with E-state index in [1.807, 2.05) is 0 Å². The Labute approximate surface area is 104 Å². The lowest BCUT2D eigenvalue weighted by Gasteiger charge is -2.07. The van der Waals surface area contributed by atoms with Crippen LogP contribution in [0.5, 0.6) is 0 Å². The summed E-state index contributed by atoms with van der Waals surface area (Å²) in [5.41, 5.74) is -0.551. The number of H-pyrrole nitrogens is 1. The minimum Gasteiger partial charge on any atom is -0.313 e. The molecule has 1 heterocycles. The summed E-state index contributed by atoms with van der Waals surface area (Å²) in [6.07, 6.45) is 1.12. The molecule has 6 heteroatoms. The van der Waals surface area contributed by atoms with Gasteiger partial charge < -0.3 is 4.98 Å². The highest BCUT2D eigenvalue weighted by molar-refractivity contribution is 9.10. The molecule has 2 aromatic rings. The van der Waals surface area contributed by atoms with Crippen LogP contribution in [-0.4, -0.2) is 9.97 Å². The summed E-state index contributed by atoms with van der Waals surface area (Å²) < 4.78 is 27.6. The van der Waals surface area contributed by atoms with Crippen LogP contribution in [0.25, 0.3) is 11.3 Å².